The van der Waals surface area contributed by atoms with E-state index >= 15 is 0 Å². The lowest BCUT2D eigenvalue weighted by atomic mass is 10.0. The second-order valence-electron chi connectivity index (χ2n) is 6.21. The Labute approximate surface area is 161 Å². The van der Waals surface area contributed by atoms with E-state index in [2.05, 4.69) is 16.5 Å². The molecule has 1 atom stereocenters. The van der Waals surface area contributed by atoms with Gasteiger partial charge in [-0.25, -0.2) is 13.1 Å². The molecule has 0 unspecified atom stereocenters. The van der Waals surface area contributed by atoms with Gasteiger partial charge in [-0.1, -0.05) is 66.7 Å². The van der Waals surface area contributed by atoms with Gasteiger partial charge in [0.15, 0.2) is 0 Å². The zero-order chi connectivity index (χ0) is 19.1. The van der Waals surface area contributed by atoms with E-state index in [1.54, 1.807) is 30.3 Å². The zero-order valence-electron chi connectivity index (χ0n) is 15.3. The fourth-order valence-corrected chi connectivity index (χ4v) is 4.22. The molecule has 1 N–H and O–H groups in total. The lowest BCUT2D eigenvalue weighted by molar-refractivity contribution is 0.561. The quantitative estimate of drug-likeness (QED) is 0.636. The highest BCUT2D eigenvalue weighted by molar-refractivity contribution is 7.89. The predicted octanol–water partition coefficient (Wildman–Crippen LogP) is 4.23. The molecule has 0 bridgehead atoms. The molecule has 0 radical (unpaired) electrons. The van der Waals surface area contributed by atoms with Crippen molar-refractivity contribution in [3.63, 3.8) is 0 Å². The van der Waals surface area contributed by atoms with E-state index in [1.807, 2.05) is 60.7 Å². The maximum atomic E-state index is 12.7. The van der Waals surface area contributed by atoms with Crippen molar-refractivity contribution >= 4 is 15.7 Å². The summed E-state index contributed by atoms with van der Waals surface area (Å²) in [6.07, 6.45) is 0. The topological polar surface area (TPSA) is 49.4 Å². The van der Waals surface area contributed by atoms with Crippen LogP contribution in [0.5, 0.6) is 0 Å². The molecule has 0 aliphatic heterocycles. The molecule has 0 heterocycles. The second kappa shape index (κ2) is 8.84. The van der Waals surface area contributed by atoms with Gasteiger partial charge in [-0.05, 0) is 36.8 Å². The Morgan fingerprint density at radius 3 is 1.89 bits per heavy atom. The Kier molecular flexibility index (Phi) is 6.27. The highest BCUT2D eigenvalue weighted by Gasteiger charge is 2.23. The number of hydrogen-bond donors (Lipinski definition) is 1. The Balaban J connectivity index is 1.89. The number of sulfonamides is 1. The molecular formula is C22H24N2O2S. The van der Waals surface area contributed by atoms with Crippen LogP contribution < -0.4 is 9.62 Å². The van der Waals surface area contributed by atoms with Crippen LogP contribution in [0, 0.1) is 0 Å². The molecule has 0 saturated heterocycles. The minimum atomic E-state index is -3.56. The minimum Gasteiger partial charge on any atom is -0.363 e. The summed E-state index contributed by atoms with van der Waals surface area (Å²) in [5.41, 5.74) is 2.13. The van der Waals surface area contributed by atoms with Crippen LogP contribution in [0.2, 0.25) is 0 Å². The third-order valence-electron chi connectivity index (χ3n) is 4.51. The average Bonchev–Trinajstić information content (AvgIpc) is 2.73. The Bertz CT molecular complexity index is 930. The third kappa shape index (κ3) is 4.76. The number of nitrogens with zero attached hydrogens (tertiary/aromatic N) is 1. The second-order valence-corrected chi connectivity index (χ2v) is 7.98. The Morgan fingerprint density at radius 2 is 1.33 bits per heavy atom. The molecule has 0 aliphatic rings. The van der Waals surface area contributed by atoms with Gasteiger partial charge in [-0.15, -0.1) is 0 Å². The number of benzene rings is 3. The van der Waals surface area contributed by atoms with Crippen LogP contribution >= 0.6 is 0 Å². The van der Waals surface area contributed by atoms with Crippen LogP contribution in [0.3, 0.4) is 0 Å². The van der Waals surface area contributed by atoms with Crippen molar-refractivity contribution < 1.29 is 8.42 Å². The van der Waals surface area contributed by atoms with Crippen LogP contribution in [-0.4, -0.2) is 21.5 Å². The number of anilines is 1. The molecule has 0 saturated carbocycles. The first-order valence-corrected chi connectivity index (χ1v) is 10.5. The Hall–Kier alpha value is -2.63. The molecule has 0 aromatic heterocycles. The van der Waals surface area contributed by atoms with Gasteiger partial charge >= 0.3 is 0 Å². The molecule has 0 fully saturated rings. The predicted molar refractivity (Wildman–Crippen MR) is 110 cm³/mol. The van der Waals surface area contributed by atoms with Crippen LogP contribution in [0.4, 0.5) is 5.69 Å². The normalized spacial score (nSPS) is 12.5. The van der Waals surface area contributed by atoms with Crippen molar-refractivity contribution in [2.75, 3.05) is 18.0 Å². The van der Waals surface area contributed by atoms with Crippen molar-refractivity contribution in [1.29, 1.82) is 0 Å². The standard InChI is InChI=1S/C22H24N2O2S/c1-2-24(20-14-8-4-9-15-20)22(19-12-6-3-7-13-19)18-23-27(25,26)21-16-10-5-11-17-21/h3-17,22-23H,2,18H2,1H3/t22-/m1/s1. The van der Waals surface area contributed by atoms with Gasteiger partial charge in [-0.3, -0.25) is 0 Å². The number of rotatable bonds is 8. The number of para-hydroxylation sites is 1. The fourth-order valence-electron chi connectivity index (χ4n) is 3.16. The SMILES string of the molecule is CCN(c1ccccc1)[C@H](CNS(=O)(=O)c1ccccc1)c1ccccc1. The van der Waals surface area contributed by atoms with Gasteiger partial charge in [0.25, 0.3) is 0 Å². The van der Waals surface area contributed by atoms with Gasteiger partial charge in [0, 0.05) is 18.8 Å². The minimum absolute atomic E-state index is 0.114. The van der Waals surface area contributed by atoms with Crippen molar-refractivity contribution in [2.45, 2.75) is 17.9 Å². The van der Waals surface area contributed by atoms with Crippen molar-refractivity contribution in [3.8, 4) is 0 Å². The molecule has 0 aliphatic carbocycles. The first-order valence-electron chi connectivity index (χ1n) is 9.03. The van der Waals surface area contributed by atoms with Crippen molar-refractivity contribution in [1.82, 2.24) is 4.72 Å². The number of nitrogens with one attached hydrogen (secondary N) is 1. The van der Waals surface area contributed by atoms with E-state index in [4.69, 9.17) is 0 Å². The first kappa shape index (κ1) is 19.1. The van der Waals surface area contributed by atoms with Gasteiger partial charge in [0.05, 0.1) is 10.9 Å². The molecule has 4 nitrogen and oxygen atoms in total. The van der Waals surface area contributed by atoms with E-state index in [1.165, 1.54) is 0 Å². The molecule has 3 rings (SSSR count). The average molecular weight is 381 g/mol. The summed E-state index contributed by atoms with van der Waals surface area (Å²) in [4.78, 5) is 2.49. The number of likely N-dealkylation sites (N-methyl/N-ethyl adjacent to an activating group) is 1. The zero-order valence-corrected chi connectivity index (χ0v) is 16.1. The summed E-state index contributed by atoms with van der Waals surface area (Å²) in [6.45, 7) is 3.12. The van der Waals surface area contributed by atoms with Gasteiger partial charge in [0.1, 0.15) is 0 Å². The summed E-state index contributed by atoms with van der Waals surface area (Å²) in [5.74, 6) is 0. The van der Waals surface area contributed by atoms with Gasteiger partial charge in [-0.2, -0.15) is 0 Å². The maximum Gasteiger partial charge on any atom is 0.240 e. The van der Waals surface area contributed by atoms with E-state index in [0.717, 1.165) is 17.8 Å². The maximum absolute atomic E-state index is 12.7. The number of hydrogen-bond acceptors (Lipinski definition) is 3. The van der Waals surface area contributed by atoms with E-state index in [-0.39, 0.29) is 17.5 Å². The summed E-state index contributed by atoms with van der Waals surface area (Å²) in [7, 11) is -3.56. The molecular weight excluding hydrogens is 356 g/mol. The highest BCUT2D eigenvalue weighted by atomic mass is 32.2. The lowest BCUT2D eigenvalue weighted by Gasteiger charge is -2.33. The van der Waals surface area contributed by atoms with Crippen LogP contribution in [0.15, 0.2) is 95.9 Å². The van der Waals surface area contributed by atoms with Crippen LogP contribution in [0.1, 0.15) is 18.5 Å². The molecule has 27 heavy (non-hydrogen) atoms. The van der Waals surface area contributed by atoms with Crippen LogP contribution in [-0.2, 0) is 10.0 Å². The van der Waals surface area contributed by atoms with E-state index in [0.29, 0.717) is 0 Å². The van der Waals surface area contributed by atoms with E-state index < -0.39 is 10.0 Å². The molecule has 3 aromatic rings. The summed E-state index contributed by atoms with van der Waals surface area (Å²) in [5, 5.41) is 0. The fraction of sp³-hybridized carbons (Fsp3) is 0.182. The molecule has 3 aromatic carbocycles. The van der Waals surface area contributed by atoms with Crippen molar-refractivity contribution in [2.24, 2.45) is 0 Å². The highest BCUT2D eigenvalue weighted by Crippen LogP contribution is 2.27. The summed E-state index contributed by atoms with van der Waals surface area (Å²) in [6, 6.07) is 28.4. The third-order valence-corrected chi connectivity index (χ3v) is 5.95. The summed E-state index contributed by atoms with van der Waals surface area (Å²) >= 11 is 0. The lowest BCUT2D eigenvalue weighted by Crippen LogP contribution is -2.38. The molecule has 0 spiro atoms. The Morgan fingerprint density at radius 1 is 0.815 bits per heavy atom. The molecule has 5 heteroatoms. The van der Waals surface area contributed by atoms with Crippen molar-refractivity contribution in [3.05, 3.63) is 96.6 Å². The molecule has 140 valence electrons. The van der Waals surface area contributed by atoms with Gasteiger partial charge < -0.3 is 4.90 Å². The largest absolute Gasteiger partial charge is 0.363 e. The summed E-state index contributed by atoms with van der Waals surface area (Å²) < 4.78 is 28.2. The molecule has 0 amide bonds. The van der Waals surface area contributed by atoms with Crippen LogP contribution in [0.25, 0.3) is 0 Å². The van der Waals surface area contributed by atoms with E-state index in [9.17, 15) is 8.42 Å². The monoisotopic (exact) mass is 380 g/mol. The smallest absolute Gasteiger partial charge is 0.240 e. The first-order chi connectivity index (χ1) is 13.1. The van der Waals surface area contributed by atoms with Gasteiger partial charge in [0.2, 0.25) is 10.0 Å².